The molecule has 8 heteroatoms. The first-order valence-corrected chi connectivity index (χ1v) is 11.2. The van der Waals surface area contributed by atoms with Gasteiger partial charge < -0.3 is 14.2 Å². The van der Waals surface area contributed by atoms with Crippen LogP contribution in [0.15, 0.2) is 71.6 Å². The Bertz CT molecular complexity index is 1270. The molecule has 2 aliphatic rings. The van der Waals surface area contributed by atoms with Crippen LogP contribution in [0.1, 0.15) is 21.5 Å². The summed E-state index contributed by atoms with van der Waals surface area (Å²) in [6, 6.07) is 18.5. The van der Waals surface area contributed by atoms with Gasteiger partial charge in [0.15, 0.2) is 11.5 Å². The van der Waals surface area contributed by atoms with E-state index in [1.165, 1.54) is 22.5 Å². The van der Waals surface area contributed by atoms with Crippen molar-refractivity contribution in [3.63, 3.8) is 0 Å². The molecule has 0 spiro atoms. The second-order valence-electron chi connectivity index (χ2n) is 7.29. The molecule has 31 heavy (non-hydrogen) atoms. The van der Waals surface area contributed by atoms with Crippen LogP contribution in [-0.2, 0) is 23.0 Å². The fourth-order valence-corrected chi connectivity index (χ4v) is 5.18. The fraction of sp³-hybridized carbons (Fsp3) is 0.174. The second kappa shape index (κ2) is 7.72. The van der Waals surface area contributed by atoms with Crippen molar-refractivity contribution in [3.8, 4) is 17.2 Å². The Morgan fingerprint density at radius 1 is 0.903 bits per heavy atom. The van der Waals surface area contributed by atoms with Crippen LogP contribution in [0.4, 0.5) is 0 Å². The average Bonchev–Trinajstić information content (AvgIpc) is 3.27. The Morgan fingerprint density at radius 2 is 1.71 bits per heavy atom. The average molecular weight is 437 g/mol. The molecule has 0 atom stereocenters. The van der Waals surface area contributed by atoms with Gasteiger partial charge in [0.25, 0.3) is 0 Å². The van der Waals surface area contributed by atoms with Crippen LogP contribution in [0.2, 0.25) is 0 Å². The molecule has 0 aromatic heterocycles. The van der Waals surface area contributed by atoms with Crippen LogP contribution in [0.5, 0.6) is 17.2 Å². The van der Waals surface area contributed by atoms with Crippen molar-refractivity contribution in [2.75, 3.05) is 13.3 Å². The van der Waals surface area contributed by atoms with Crippen molar-refractivity contribution in [3.05, 3.63) is 83.4 Å². The van der Waals surface area contributed by atoms with E-state index in [1.807, 2.05) is 24.3 Å². The monoisotopic (exact) mass is 437 g/mol. The lowest BCUT2D eigenvalue weighted by Gasteiger charge is -2.28. The molecule has 5 rings (SSSR count). The van der Waals surface area contributed by atoms with Gasteiger partial charge in [-0.1, -0.05) is 30.3 Å². The van der Waals surface area contributed by atoms with Crippen molar-refractivity contribution in [2.45, 2.75) is 17.9 Å². The third kappa shape index (κ3) is 3.75. The predicted octanol–water partition coefficient (Wildman–Crippen LogP) is 3.38. The predicted molar refractivity (Wildman–Crippen MR) is 112 cm³/mol. The summed E-state index contributed by atoms with van der Waals surface area (Å²) in [5.41, 5.74) is 2.31. The van der Waals surface area contributed by atoms with E-state index in [0.29, 0.717) is 31.0 Å². The minimum atomic E-state index is -3.75. The summed E-state index contributed by atoms with van der Waals surface area (Å²) >= 11 is 0. The summed E-state index contributed by atoms with van der Waals surface area (Å²) in [4.78, 5) is 12.7. The van der Waals surface area contributed by atoms with Gasteiger partial charge in [-0.15, -0.1) is 0 Å². The number of rotatable bonds is 4. The SMILES string of the molecule is O=C(Oc1ccc2c(c1)OCO2)c1cccc(S(=O)(=O)N2CCc3ccccc3C2)c1. The summed E-state index contributed by atoms with van der Waals surface area (Å²) in [5, 5.41) is 0. The third-order valence-corrected chi connectivity index (χ3v) is 7.20. The van der Waals surface area contributed by atoms with Crippen LogP contribution in [0, 0.1) is 0 Å². The Morgan fingerprint density at radius 3 is 2.58 bits per heavy atom. The molecule has 3 aromatic carbocycles. The lowest BCUT2D eigenvalue weighted by molar-refractivity contribution is 0.0734. The molecule has 2 heterocycles. The largest absolute Gasteiger partial charge is 0.454 e. The van der Waals surface area contributed by atoms with E-state index in [2.05, 4.69) is 0 Å². The van der Waals surface area contributed by atoms with Gasteiger partial charge in [0, 0.05) is 19.2 Å². The number of hydrogen-bond acceptors (Lipinski definition) is 6. The number of benzene rings is 3. The smallest absolute Gasteiger partial charge is 0.343 e. The van der Waals surface area contributed by atoms with Gasteiger partial charge in [0.1, 0.15) is 5.75 Å². The van der Waals surface area contributed by atoms with E-state index < -0.39 is 16.0 Å². The summed E-state index contributed by atoms with van der Waals surface area (Å²) in [7, 11) is -3.75. The summed E-state index contributed by atoms with van der Waals surface area (Å²) < 4.78 is 43.8. The molecule has 0 saturated heterocycles. The maximum atomic E-state index is 13.2. The second-order valence-corrected chi connectivity index (χ2v) is 9.23. The van der Waals surface area contributed by atoms with Gasteiger partial charge in [-0.2, -0.15) is 4.31 Å². The number of fused-ring (bicyclic) bond motifs is 2. The van der Waals surface area contributed by atoms with Crippen LogP contribution in [0.3, 0.4) is 0 Å². The standard InChI is InChI=1S/C23H19NO6S/c25-23(30-19-8-9-21-22(13-19)29-15-28-21)17-6-3-7-20(12-17)31(26,27)24-11-10-16-4-1-2-5-18(16)14-24/h1-9,12-13H,10-11,14-15H2. The minimum absolute atomic E-state index is 0.0621. The number of nitrogens with zero attached hydrogens (tertiary/aromatic N) is 1. The molecule has 7 nitrogen and oxygen atoms in total. The first-order chi connectivity index (χ1) is 15.0. The molecule has 0 aliphatic carbocycles. The first-order valence-electron chi connectivity index (χ1n) is 9.79. The number of sulfonamides is 1. The zero-order valence-corrected chi connectivity index (χ0v) is 17.3. The number of ether oxygens (including phenoxy) is 3. The Hall–Kier alpha value is -3.36. The number of esters is 1. The highest BCUT2D eigenvalue weighted by atomic mass is 32.2. The van der Waals surface area contributed by atoms with Gasteiger partial charge in [-0.05, 0) is 47.9 Å². The van der Waals surface area contributed by atoms with E-state index in [4.69, 9.17) is 14.2 Å². The lowest BCUT2D eigenvalue weighted by atomic mass is 10.0. The lowest BCUT2D eigenvalue weighted by Crippen LogP contribution is -2.36. The zero-order chi connectivity index (χ0) is 21.4. The summed E-state index contributed by atoms with van der Waals surface area (Å²) in [6.07, 6.45) is 0.654. The van der Waals surface area contributed by atoms with Gasteiger partial charge in [0.2, 0.25) is 16.8 Å². The molecule has 0 fully saturated rings. The highest BCUT2D eigenvalue weighted by Gasteiger charge is 2.29. The van der Waals surface area contributed by atoms with Crippen LogP contribution in [-0.4, -0.2) is 32.0 Å². The molecule has 0 radical (unpaired) electrons. The third-order valence-electron chi connectivity index (χ3n) is 5.36. The van der Waals surface area contributed by atoms with Gasteiger partial charge in [-0.25, -0.2) is 13.2 Å². The molecule has 0 amide bonds. The highest BCUT2D eigenvalue weighted by Crippen LogP contribution is 2.35. The number of carbonyl (C=O) groups excluding carboxylic acids is 1. The van der Waals surface area contributed by atoms with E-state index in [9.17, 15) is 13.2 Å². The molecule has 3 aromatic rings. The minimum Gasteiger partial charge on any atom is -0.454 e. The van der Waals surface area contributed by atoms with Crippen molar-refractivity contribution in [1.29, 1.82) is 0 Å². The number of carbonyl (C=O) groups is 1. The zero-order valence-electron chi connectivity index (χ0n) is 16.5. The van der Waals surface area contributed by atoms with Crippen molar-refractivity contribution in [2.24, 2.45) is 0 Å². The molecule has 158 valence electrons. The molecular formula is C23H19NO6S. The van der Waals surface area contributed by atoms with Crippen LogP contribution >= 0.6 is 0 Å². The molecule has 0 bridgehead atoms. The van der Waals surface area contributed by atoms with E-state index in [0.717, 1.165) is 11.1 Å². The Balaban J connectivity index is 1.36. The van der Waals surface area contributed by atoms with Crippen molar-refractivity contribution in [1.82, 2.24) is 4.31 Å². The van der Waals surface area contributed by atoms with Gasteiger partial charge >= 0.3 is 5.97 Å². The van der Waals surface area contributed by atoms with Crippen LogP contribution < -0.4 is 14.2 Å². The van der Waals surface area contributed by atoms with Crippen molar-refractivity contribution < 1.29 is 27.4 Å². The van der Waals surface area contributed by atoms with Gasteiger partial charge in [0.05, 0.1) is 10.5 Å². The van der Waals surface area contributed by atoms with E-state index in [-0.39, 0.29) is 23.0 Å². The van der Waals surface area contributed by atoms with Gasteiger partial charge in [-0.3, -0.25) is 0 Å². The summed E-state index contributed by atoms with van der Waals surface area (Å²) in [5.74, 6) is 0.707. The molecule has 2 aliphatic heterocycles. The topological polar surface area (TPSA) is 82.1 Å². The van der Waals surface area contributed by atoms with E-state index >= 15 is 0 Å². The van der Waals surface area contributed by atoms with E-state index in [1.54, 1.807) is 24.3 Å². The maximum absolute atomic E-state index is 13.2. The fourth-order valence-electron chi connectivity index (χ4n) is 3.71. The number of hydrogen-bond donors (Lipinski definition) is 0. The molecule has 0 saturated carbocycles. The normalized spacial score (nSPS) is 15.4. The molecular weight excluding hydrogens is 418 g/mol. The Labute approximate surface area is 179 Å². The highest BCUT2D eigenvalue weighted by molar-refractivity contribution is 7.89. The molecule has 0 unspecified atom stereocenters. The van der Waals surface area contributed by atoms with Crippen molar-refractivity contribution >= 4 is 16.0 Å². The quantitative estimate of drug-likeness (QED) is 0.460. The Kier molecular flexibility index (Phi) is 4.88. The first kappa shape index (κ1) is 19.6. The maximum Gasteiger partial charge on any atom is 0.343 e. The molecule has 0 N–H and O–H groups in total. The van der Waals surface area contributed by atoms with Crippen LogP contribution in [0.25, 0.3) is 0 Å². The summed E-state index contributed by atoms with van der Waals surface area (Å²) in [6.45, 7) is 0.823.